The number of aromatic nitrogens is 4. The molecular weight excluding hydrogens is 230 g/mol. The molecule has 18 heavy (non-hydrogen) atoms. The van der Waals surface area contributed by atoms with E-state index >= 15 is 0 Å². The molecule has 2 aromatic rings. The summed E-state index contributed by atoms with van der Waals surface area (Å²) in [5.41, 5.74) is 0.888. The Balaban J connectivity index is 1.79. The van der Waals surface area contributed by atoms with E-state index in [4.69, 9.17) is 4.74 Å². The molecular formula is C12H15N5O. The fourth-order valence-electron chi connectivity index (χ4n) is 2.49. The van der Waals surface area contributed by atoms with Crippen LogP contribution in [0.3, 0.4) is 0 Å². The van der Waals surface area contributed by atoms with Gasteiger partial charge in [-0.2, -0.15) is 5.10 Å². The molecule has 94 valence electrons. The summed E-state index contributed by atoms with van der Waals surface area (Å²) in [5.74, 6) is 1.00. The molecule has 4 heterocycles. The minimum absolute atomic E-state index is 0.0354. The highest BCUT2D eigenvalue weighted by atomic mass is 16.5. The average molecular weight is 245 g/mol. The third-order valence-corrected chi connectivity index (χ3v) is 3.55. The van der Waals surface area contributed by atoms with Gasteiger partial charge in [-0.05, 0) is 19.3 Å². The van der Waals surface area contributed by atoms with Crippen LogP contribution >= 0.6 is 0 Å². The summed E-state index contributed by atoms with van der Waals surface area (Å²) in [6.07, 6.45) is 6.87. The zero-order valence-corrected chi connectivity index (χ0v) is 10.1. The van der Waals surface area contributed by atoms with Crippen molar-refractivity contribution in [1.82, 2.24) is 19.7 Å². The van der Waals surface area contributed by atoms with Gasteiger partial charge in [0.05, 0.1) is 11.6 Å². The lowest BCUT2D eigenvalue weighted by atomic mass is 10.2. The van der Waals surface area contributed by atoms with Gasteiger partial charge < -0.3 is 9.64 Å². The lowest BCUT2D eigenvalue weighted by Gasteiger charge is -2.22. The Morgan fingerprint density at radius 3 is 2.94 bits per heavy atom. The first-order chi connectivity index (χ1) is 8.93. The van der Waals surface area contributed by atoms with Crippen molar-refractivity contribution in [3.63, 3.8) is 0 Å². The predicted molar refractivity (Wildman–Crippen MR) is 66.4 cm³/mol. The summed E-state index contributed by atoms with van der Waals surface area (Å²) in [6, 6.07) is 0. The zero-order valence-electron chi connectivity index (χ0n) is 10.1. The van der Waals surface area contributed by atoms with E-state index < -0.39 is 0 Å². The topological polar surface area (TPSA) is 55.8 Å². The molecule has 4 rings (SSSR count). The Bertz CT molecular complexity index is 571. The quantitative estimate of drug-likeness (QED) is 0.747. The van der Waals surface area contributed by atoms with Gasteiger partial charge in [-0.15, -0.1) is 0 Å². The van der Waals surface area contributed by atoms with Gasteiger partial charge in [0.15, 0.2) is 11.9 Å². The van der Waals surface area contributed by atoms with Crippen molar-refractivity contribution >= 4 is 16.9 Å². The van der Waals surface area contributed by atoms with E-state index in [1.807, 2.05) is 10.9 Å². The molecule has 0 saturated carbocycles. The van der Waals surface area contributed by atoms with Crippen molar-refractivity contribution in [1.29, 1.82) is 0 Å². The molecule has 0 spiro atoms. The van der Waals surface area contributed by atoms with Crippen molar-refractivity contribution in [2.24, 2.45) is 0 Å². The molecule has 0 aromatic carbocycles. The first-order valence-electron chi connectivity index (χ1n) is 6.48. The maximum atomic E-state index is 5.77. The average Bonchev–Trinajstić information content (AvgIpc) is 3.18. The summed E-state index contributed by atoms with van der Waals surface area (Å²) < 4.78 is 7.68. The van der Waals surface area contributed by atoms with E-state index in [9.17, 15) is 0 Å². The van der Waals surface area contributed by atoms with Crippen LogP contribution in [0.1, 0.15) is 25.5 Å². The highest BCUT2D eigenvalue weighted by Gasteiger charge is 2.25. The van der Waals surface area contributed by atoms with E-state index in [1.54, 1.807) is 6.33 Å². The second kappa shape index (κ2) is 3.91. The Morgan fingerprint density at radius 2 is 2.17 bits per heavy atom. The van der Waals surface area contributed by atoms with Crippen molar-refractivity contribution in [3.05, 3.63) is 12.5 Å². The Morgan fingerprint density at radius 1 is 1.22 bits per heavy atom. The summed E-state index contributed by atoms with van der Waals surface area (Å²) in [7, 11) is 0. The van der Waals surface area contributed by atoms with Crippen LogP contribution in [0.4, 0.5) is 5.82 Å². The van der Waals surface area contributed by atoms with Crippen LogP contribution in [0.15, 0.2) is 12.5 Å². The first-order valence-corrected chi connectivity index (χ1v) is 6.48. The van der Waals surface area contributed by atoms with Gasteiger partial charge in [0.1, 0.15) is 12.1 Å². The van der Waals surface area contributed by atoms with Crippen LogP contribution in [0.2, 0.25) is 0 Å². The maximum Gasteiger partial charge on any atom is 0.165 e. The SMILES string of the molecule is c1nc(N2CC2)c2cnn([C@H]3CCCCO3)c2n1. The van der Waals surface area contributed by atoms with Gasteiger partial charge in [0, 0.05) is 19.7 Å². The van der Waals surface area contributed by atoms with Crippen LogP contribution < -0.4 is 4.90 Å². The first kappa shape index (κ1) is 10.3. The molecule has 2 saturated heterocycles. The molecule has 2 fully saturated rings. The Kier molecular flexibility index (Phi) is 2.23. The van der Waals surface area contributed by atoms with Gasteiger partial charge in [-0.25, -0.2) is 14.6 Å². The van der Waals surface area contributed by atoms with Crippen molar-refractivity contribution in [2.45, 2.75) is 25.5 Å². The minimum atomic E-state index is 0.0354. The van der Waals surface area contributed by atoms with Gasteiger partial charge >= 0.3 is 0 Å². The monoisotopic (exact) mass is 245 g/mol. The molecule has 2 aliphatic heterocycles. The fourth-order valence-corrected chi connectivity index (χ4v) is 2.49. The van der Waals surface area contributed by atoms with Crippen molar-refractivity contribution in [3.8, 4) is 0 Å². The van der Waals surface area contributed by atoms with Crippen molar-refractivity contribution < 1.29 is 4.74 Å². The second-order valence-corrected chi connectivity index (χ2v) is 4.83. The molecule has 0 bridgehead atoms. The van der Waals surface area contributed by atoms with Gasteiger partial charge in [0.2, 0.25) is 0 Å². The molecule has 0 radical (unpaired) electrons. The number of ether oxygens (including phenoxy) is 1. The number of hydrogen-bond donors (Lipinski definition) is 0. The van der Waals surface area contributed by atoms with Gasteiger partial charge in [-0.3, -0.25) is 0 Å². The summed E-state index contributed by atoms with van der Waals surface area (Å²) in [5, 5.41) is 5.48. The Hall–Kier alpha value is -1.69. The maximum absolute atomic E-state index is 5.77. The molecule has 2 aliphatic rings. The molecule has 2 aromatic heterocycles. The van der Waals surface area contributed by atoms with Crippen LogP contribution in [0, 0.1) is 0 Å². The summed E-state index contributed by atoms with van der Waals surface area (Å²) in [6.45, 7) is 2.98. The number of anilines is 1. The van der Waals surface area contributed by atoms with E-state index in [0.29, 0.717) is 0 Å². The fraction of sp³-hybridized carbons (Fsp3) is 0.583. The summed E-state index contributed by atoms with van der Waals surface area (Å²) in [4.78, 5) is 10.9. The number of nitrogens with zero attached hydrogens (tertiary/aromatic N) is 5. The normalized spacial score (nSPS) is 23.6. The summed E-state index contributed by atoms with van der Waals surface area (Å²) >= 11 is 0. The number of hydrogen-bond acceptors (Lipinski definition) is 5. The standard InChI is InChI=1S/C12H15N5O/c1-2-6-18-10(3-1)17-12-9(7-15-17)11(13-8-14-12)16-4-5-16/h7-8,10H,1-6H2/t10-/m1/s1. The zero-order chi connectivity index (χ0) is 11.9. The lowest BCUT2D eigenvalue weighted by Crippen LogP contribution is -2.19. The highest BCUT2D eigenvalue weighted by Crippen LogP contribution is 2.30. The van der Waals surface area contributed by atoms with E-state index in [-0.39, 0.29) is 6.23 Å². The van der Waals surface area contributed by atoms with Gasteiger partial charge in [-0.1, -0.05) is 0 Å². The third kappa shape index (κ3) is 1.56. The van der Waals surface area contributed by atoms with E-state index in [0.717, 1.165) is 49.4 Å². The minimum Gasteiger partial charge on any atom is -0.356 e. The number of rotatable bonds is 2. The molecule has 0 amide bonds. The van der Waals surface area contributed by atoms with E-state index in [1.165, 1.54) is 6.42 Å². The molecule has 1 atom stereocenters. The molecule has 0 N–H and O–H groups in total. The van der Waals surface area contributed by atoms with Crippen LogP contribution in [-0.4, -0.2) is 39.4 Å². The highest BCUT2D eigenvalue weighted by molar-refractivity contribution is 5.87. The molecule has 6 heteroatoms. The third-order valence-electron chi connectivity index (χ3n) is 3.55. The largest absolute Gasteiger partial charge is 0.356 e. The van der Waals surface area contributed by atoms with E-state index in [2.05, 4.69) is 20.0 Å². The second-order valence-electron chi connectivity index (χ2n) is 4.83. The lowest BCUT2D eigenvalue weighted by molar-refractivity contribution is -0.0370. The number of fused-ring (bicyclic) bond motifs is 1. The van der Waals surface area contributed by atoms with Crippen LogP contribution in [0.5, 0.6) is 0 Å². The van der Waals surface area contributed by atoms with Crippen LogP contribution in [-0.2, 0) is 4.74 Å². The smallest absolute Gasteiger partial charge is 0.165 e. The van der Waals surface area contributed by atoms with Crippen molar-refractivity contribution in [2.75, 3.05) is 24.6 Å². The molecule has 0 aliphatic carbocycles. The van der Waals surface area contributed by atoms with Gasteiger partial charge in [0.25, 0.3) is 0 Å². The van der Waals surface area contributed by atoms with Crippen LogP contribution in [0.25, 0.3) is 11.0 Å². The molecule has 6 nitrogen and oxygen atoms in total. The molecule has 0 unspecified atom stereocenters. The predicted octanol–water partition coefficient (Wildman–Crippen LogP) is 1.35. The Labute approximate surface area is 105 Å².